The minimum absolute atomic E-state index is 0.178. The second kappa shape index (κ2) is 4.28. The molecule has 116 valence electrons. The van der Waals surface area contributed by atoms with Gasteiger partial charge in [0, 0.05) is 0 Å². The van der Waals surface area contributed by atoms with Crippen LogP contribution in [0.15, 0.2) is 0 Å². The third-order valence-electron chi connectivity index (χ3n) is 6.11. The van der Waals surface area contributed by atoms with Crippen LogP contribution >= 0.6 is 0 Å². The molecule has 0 spiro atoms. The van der Waals surface area contributed by atoms with Crippen molar-refractivity contribution < 1.29 is 0 Å². The van der Waals surface area contributed by atoms with Crippen LogP contribution in [0.1, 0.15) is 65.1 Å². The Kier molecular flexibility index (Phi) is 2.79. The zero-order chi connectivity index (χ0) is 14.7. The number of nitrogens with one attached hydrogen (secondary N) is 1. The standard InChI is InChI=1S/C16H27N5/c1-4-17-8-13-18-19-20-21(13)16-7-12-5-14(2,10-16)9-15(3,6-12)11-16/h12,17H,4-11H2,1-3H3. The van der Waals surface area contributed by atoms with Crippen molar-refractivity contribution in [2.45, 2.75) is 71.4 Å². The lowest BCUT2D eigenvalue weighted by Gasteiger charge is -2.65. The quantitative estimate of drug-likeness (QED) is 0.925. The predicted molar refractivity (Wildman–Crippen MR) is 80.6 cm³/mol. The smallest absolute Gasteiger partial charge is 0.165 e. The molecule has 4 bridgehead atoms. The third kappa shape index (κ3) is 2.04. The minimum Gasteiger partial charge on any atom is -0.310 e. The Morgan fingerprint density at radius 2 is 1.86 bits per heavy atom. The minimum atomic E-state index is 0.178. The first kappa shape index (κ1) is 13.7. The topological polar surface area (TPSA) is 55.6 Å². The van der Waals surface area contributed by atoms with E-state index in [1.54, 1.807) is 0 Å². The van der Waals surface area contributed by atoms with E-state index in [9.17, 15) is 0 Å². The Morgan fingerprint density at radius 1 is 1.14 bits per heavy atom. The van der Waals surface area contributed by atoms with Gasteiger partial charge in [0.1, 0.15) is 0 Å². The molecule has 4 aliphatic carbocycles. The highest BCUT2D eigenvalue weighted by Gasteiger charge is 2.61. The Balaban J connectivity index is 1.73. The molecule has 1 N–H and O–H groups in total. The molecule has 4 fully saturated rings. The van der Waals surface area contributed by atoms with E-state index in [1.807, 2.05) is 0 Å². The summed E-state index contributed by atoms with van der Waals surface area (Å²) in [5, 5.41) is 16.1. The molecule has 2 unspecified atom stereocenters. The van der Waals surface area contributed by atoms with E-state index in [0.717, 1.165) is 24.8 Å². The molecule has 4 saturated carbocycles. The summed E-state index contributed by atoms with van der Waals surface area (Å²) in [6.07, 6.45) is 8.02. The molecule has 0 aromatic carbocycles. The fourth-order valence-corrected chi connectivity index (χ4v) is 6.54. The molecule has 0 radical (unpaired) electrons. The van der Waals surface area contributed by atoms with Gasteiger partial charge in [0.05, 0.1) is 12.1 Å². The van der Waals surface area contributed by atoms with E-state index >= 15 is 0 Å². The van der Waals surface area contributed by atoms with Gasteiger partial charge in [0.15, 0.2) is 5.82 Å². The van der Waals surface area contributed by atoms with Gasteiger partial charge < -0.3 is 5.32 Å². The van der Waals surface area contributed by atoms with Gasteiger partial charge in [-0.05, 0) is 72.2 Å². The van der Waals surface area contributed by atoms with Crippen LogP contribution in [0.25, 0.3) is 0 Å². The number of aromatic nitrogens is 4. The van der Waals surface area contributed by atoms with Gasteiger partial charge in [-0.3, -0.25) is 0 Å². The summed E-state index contributed by atoms with van der Waals surface area (Å²) in [6.45, 7) is 8.86. The van der Waals surface area contributed by atoms with Crippen LogP contribution in [0.2, 0.25) is 0 Å². The van der Waals surface area contributed by atoms with Crippen LogP contribution in [0, 0.1) is 16.7 Å². The molecule has 21 heavy (non-hydrogen) atoms. The van der Waals surface area contributed by atoms with Gasteiger partial charge in [-0.2, -0.15) is 0 Å². The summed E-state index contributed by atoms with van der Waals surface area (Å²) in [5.41, 5.74) is 1.17. The zero-order valence-corrected chi connectivity index (χ0v) is 13.5. The summed E-state index contributed by atoms with van der Waals surface area (Å²) >= 11 is 0. The molecule has 5 nitrogen and oxygen atoms in total. The first-order chi connectivity index (χ1) is 9.96. The van der Waals surface area contributed by atoms with Gasteiger partial charge in [0.2, 0.25) is 0 Å². The maximum Gasteiger partial charge on any atom is 0.165 e. The fourth-order valence-electron chi connectivity index (χ4n) is 6.54. The van der Waals surface area contributed by atoms with Gasteiger partial charge in [-0.1, -0.05) is 20.8 Å². The van der Waals surface area contributed by atoms with Crippen LogP contribution in [-0.4, -0.2) is 26.8 Å². The maximum absolute atomic E-state index is 4.44. The van der Waals surface area contributed by atoms with Gasteiger partial charge in [-0.25, -0.2) is 4.68 Å². The second-order valence-electron chi connectivity index (χ2n) is 8.64. The van der Waals surface area contributed by atoms with E-state index in [2.05, 4.69) is 46.3 Å². The predicted octanol–water partition coefficient (Wildman–Crippen LogP) is 2.49. The Hall–Kier alpha value is -0.970. The monoisotopic (exact) mass is 289 g/mol. The van der Waals surface area contributed by atoms with Crippen LogP contribution < -0.4 is 5.32 Å². The lowest BCUT2D eigenvalue weighted by atomic mass is 9.43. The fraction of sp³-hybridized carbons (Fsp3) is 0.938. The van der Waals surface area contributed by atoms with E-state index in [-0.39, 0.29) is 5.54 Å². The van der Waals surface area contributed by atoms with Crippen molar-refractivity contribution in [3.8, 4) is 0 Å². The van der Waals surface area contributed by atoms with Crippen LogP contribution in [0.5, 0.6) is 0 Å². The average Bonchev–Trinajstić information content (AvgIpc) is 2.80. The first-order valence-electron chi connectivity index (χ1n) is 8.45. The lowest BCUT2D eigenvalue weighted by molar-refractivity contribution is -0.141. The number of hydrogen-bond acceptors (Lipinski definition) is 4. The summed E-state index contributed by atoms with van der Waals surface area (Å²) < 4.78 is 2.20. The number of rotatable bonds is 4. The second-order valence-corrected chi connectivity index (χ2v) is 8.64. The molecular weight excluding hydrogens is 262 g/mol. The van der Waals surface area contributed by atoms with Crippen molar-refractivity contribution in [2.75, 3.05) is 6.54 Å². The number of tetrazole rings is 1. The van der Waals surface area contributed by atoms with Gasteiger partial charge in [0.25, 0.3) is 0 Å². The molecule has 0 amide bonds. The van der Waals surface area contributed by atoms with Crippen molar-refractivity contribution in [3.63, 3.8) is 0 Å². The molecule has 1 aromatic heterocycles. The number of nitrogens with zero attached hydrogens (tertiary/aromatic N) is 4. The lowest BCUT2D eigenvalue weighted by Crippen LogP contribution is -2.59. The summed E-state index contributed by atoms with van der Waals surface area (Å²) in [7, 11) is 0. The third-order valence-corrected chi connectivity index (χ3v) is 6.11. The highest BCUT2D eigenvalue weighted by Crippen LogP contribution is 2.68. The van der Waals surface area contributed by atoms with Gasteiger partial charge >= 0.3 is 0 Å². The van der Waals surface area contributed by atoms with Crippen LogP contribution in [-0.2, 0) is 12.1 Å². The van der Waals surface area contributed by atoms with Crippen molar-refractivity contribution in [1.29, 1.82) is 0 Å². The molecule has 1 heterocycles. The summed E-state index contributed by atoms with van der Waals surface area (Å²) in [4.78, 5) is 0. The summed E-state index contributed by atoms with van der Waals surface area (Å²) in [5.74, 6) is 1.89. The van der Waals surface area contributed by atoms with Crippen LogP contribution in [0.3, 0.4) is 0 Å². The van der Waals surface area contributed by atoms with E-state index < -0.39 is 0 Å². The van der Waals surface area contributed by atoms with E-state index in [1.165, 1.54) is 38.5 Å². The molecule has 4 aliphatic rings. The highest BCUT2D eigenvalue weighted by atomic mass is 15.6. The normalized spacial score (nSPS) is 44.4. The van der Waals surface area contributed by atoms with Crippen molar-refractivity contribution >= 4 is 0 Å². The van der Waals surface area contributed by atoms with Crippen molar-refractivity contribution in [3.05, 3.63) is 5.82 Å². The van der Waals surface area contributed by atoms with Crippen molar-refractivity contribution in [2.24, 2.45) is 16.7 Å². The van der Waals surface area contributed by atoms with Gasteiger partial charge in [-0.15, -0.1) is 5.10 Å². The Bertz CT molecular complexity index is 533. The Morgan fingerprint density at radius 3 is 2.48 bits per heavy atom. The average molecular weight is 289 g/mol. The highest BCUT2D eigenvalue weighted by molar-refractivity contribution is 5.13. The number of hydrogen-bond donors (Lipinski definition) is 1. The molecular formula is C16H27N5. The molecule has 5 heteroatoms. The largest absolute Gasteiger partial charge is 0.310 e. The van der Waals surface area contributed by atoms with Crippen LogP contribution in [0.4, 0.5) is 0 Å². The zero-order valence-electron chi connectivity index (χ0n) is 13.5. The SMILES string of the molecule is CCNCc1nnnn1C12CC3CC(C)(CC(C)(C3)C1)C2. The van der Waals surface area contributed by atoms with Crippen molar-refractivity contribution in [1.82, 2.24) is 25.5 Å². The molecule has 0 aliphatic heterocycles. The molecule has 5 rings (SSSR count). The first-order valence-corrected chi connectivity index (χ1v) is 8.45. The van der Waals surface area contributed by atoms with E-state index in [0.29, 0.717) is 10.8 Å². The Labute approximate surface area is 126 Å². The molecule has 1 aromatic rings. The maximum atomic E-state index is 4.44. The molecule has 0 saturated heterocycles. The van der Waals surface area contributed by atoms with E-state index in [4.69, 9.17) is 0 Å². The molecule has 2 atom stereocenters. The summed E-state index contributed by atoms with van der Waals surface area (Å²) in [6, 6.07) is 0.